The highest BCUT2D eigenvalue weighted by Crippen LogP contribution is 2.21. The molecule has 1 aliphatic rings. The van der Waals surface area contributed by atoms with Crippen molar-refractivity contribution in [3.63, 3.8) is 0 Å². The van der Waals surface area contributed by atoms with E-state index in [1.54, 1.807) is 0 Å². The zero-order valence-electron chi connectivity index (χ0n) is 11.3. The minimum atomic E-state index is -0.473. The van der Waals surface area contributed by atoms with Gasteiger partial charge in [0.05, 0.1) is 12.0 Å². The van der Waals surface area contributed by atoms with Crippen LogP contribution in [-0.2, 0) is 19.1 Å². The molecule has 0 aromatic rings. The molecule has 1 aliphatic heterocycles. The Morgan fingerprint density at radius 1 is 1.28 bits per heavy atom. The van der Waals surface area contributed by atoms with Gasteiger partial charge in [0.2, 0.25) is 11.8 Å². The van der Waals surface area contributed by atoms with Crippen LogP contribution >= 0.6 is 0 Å². The van der Waals surface area contributed by atoms with Crippen molar-refractivity contribution in [1.29, 1.82) is 0 Å². The largest absolute Gasteiger partial charge is 0.465 e. The van der Waals surface area contributed by atoms with E-state index in [2.05, 4.69) is 0 Å². The molecule has 0 unspecified atom stereocenters. The summed E-state index contributed by atoms with van der Waals surface area (Å²) in [6.07, 6.45) is 1.83. The molecular weight excluding hydrogens is 234 g/mol. The third-order valence-electron chi connectivity index (χ3n) is 3.35. The number of carbonyl (C=O) groups is 3. The summed E-state index contributed by atoms with van der Waals surface area (Å²) in [4.78, 5) is 35.5. The Balaban J connectivity index is 2.25. The van der Waals surface area contributed by atoms with Crippen molar-refractivity contribution in [2.24, 2.45) is 5.41 Å². The first kappa shape index (κ1) is 14.7. The Kier molecular flexibility index (Phi) is 4.87. The van der Waals surface area contributed by atoms with E-state index in [0.717, 1.165) is 6.42 Å². The number of hydrogen-bond donors (Lipinski definition) is 0. The molecule has 1 saturated heterocycles. The molecule has 0 N–H and O–H groups in total. The van der Waals surface area contributed by atoms with Crippen LogP contribution in [0, 0.1) is 5.41 Å². The molecule has 1 heterocycles. The highest BCUT2D eigenvalue weighted by Gasteiger charge is 2.29. The van der Waals surface area contributed by atoms with Crippen LogP contribution in [0.2, 0.25) is 0 Å². The van der Waals surface area contributed by atoms with Gasteiger partial charge in [-0.15, -0.1) is 0 Å². The standard InChI is InChI=1S/C13H21NO4/c1-4-13(2,3)12(17)18-9-5-8-14-10(15)6-7-11(14)16/h4-9H2,1-3H3. The quantitative estimate of drug-likeness (QED) is 0.410. The van der Waals surface area contributed by atoms with E-state index in [0.29, 0.717) is 25.8 Å². The minimum absolute atomic E-state index is 0.125. The highest BCUT2D eigenvalue weighted by atomic mass is 16.5. The van der Waals surface area contributed by atoms with Crippen LogP contribution < -0.4 is 0 Å². The van der Waals surface area contributed by atoms with E-state index in [4.69, 9.17) is 4.74 Å². The Bertz CT molecular complexity index is 333. The monoisotopic (exact) mass is 255 g/mol. The number of amides is 2. The van der Waals surface area contributed by atoms with Crippen molar-refractivity contribution in [2.75, 3.05) is 13.2 Å². The molecule has 1 fully saturated rings. The van der Waals surface area contributed by atoms with Gasteiger partial charge in [-0.3, -0.25) is 19.3 Å². The molecule has 0 aromatic heterocycles. The van der Waals surface area contributed by atoms with Gasteiger partial charge in [-0.2, -0.15) is 0 Å². The molecule has 0 atom stereocenters. The molecule has 0 aromatic carbocycles. The Morgan fingerprint density at radius 3 is 2.33 bits per heavy atom. The van der Waals surface area contributed by atoms with E-state index in [1.165, 1.54) is 4.90 Å². The molecule has 5 heteroatoms. The number of esters is 1. The number of likely N-dealkylation sites (tertiary alicyclic amines) is 1. The average molecular weight is 255 g/mol. The molecule has 2 amide bonds. The van der Waals surface area contributed by atoms with Gasteiger partial charge in [0.1, 0.15) is 0 Å². The maximum atomic E-state index is 11.7. The first-order chi connectivity index (χ1) is 8.38. The van der Waals surface area contributed by atoms with Crippen LogP contribution in [0.1, 0.15) is 46.5 Å². The number of imide groups is 1. The molecule has 0 aliphatic carbocycles. The van der Waals surface area contributed by atoms with E-state index in [-0.39, 0.29) is 24.4 Å². The van der Waals surface area contributed by atoms with E-state index >= 15 is 0 Å². The molecular formula is C13H21NO4. The molecule has 0 spiro atoms. The van der Waals surface area contributed by atoms with Crippen LogP contribution in [0.5, 0.6) is 0 Å². The number of nitrogens with zero attached hydrogens (tertiary/aromatic N) is 1. The lowest BCUT2D eigenvalue weighted by molar-refractivity contribution is -0.154. The lowest BCUT2D eigenvalue weighted by Gasteiger charge is -2.20. The van der Waals surface area contributed by atoms with Gasteiger partial charge < -0.3 is 4.74 Å². The van der Waals surface area contributed by atoms with E-state index in [9.17, 15) is 14.4 Å². The maximum Gasteiger partial charge on any atom is 0.311 e. The molecule has 102 valence electrons. The topological polar surface area (TPSA) is 63.7 Å². The maximum absolute atomic E-state index is 11.7. The summed E-state index contributed by atoms with van der Waals surface area (Å²) < 4.78 is 5.14. The fourth-order valence-electron chi connectivity index (χ4n) is 1.60. The lowest BCUT2D eigenvalue weighted by atomic mass is 9.91. The zero-order chi connectivity index (χ0) is 13.8. The summed E-state index contributed by atoms with van der Waals surface area (Å²) in [6.45, 7) is 6.20. The predicted molar refractivity (Wildman–Crippen MR) is 65.6 cm³/mol. The first-order valence-corrected chi connectivity index (χ1v) is 6.39. The fraction of sp³-hybridized carbons (Fsp3) is 0.769. The number of ether oxygens (including phenoxy) is 1. The van der Waals surface area contributed by atoms with Gasteiger partial charge in [-0.1, -0.05) is 6.92 Å². The van der Waals surface area contributed by atoms with Crippen molar-refractivity contribution < 1.29 is 19.1 Å². The minimum Gasteiger partial charge on any atom is -0.465 e. The molecule has 5 nitrogen and oxygen atoms in total. The second-order valence-electron chi connectivity index (χ2n) is 5.17. The normalized spacial score (nSPS) is 16.3. The summed E-state index contributed by atoms with van der Waals surface area (Å²) in [7, 11) is 0. The van der Waals surface area contributed by atoms with E-state index < -0.39 is 5.41 Å². The number of hydrogen-bond acceptors (Lipinski definition) is 4. The van der Waals surface area contributed by atoms with Crippen molar-refractivity contribution in [3.8, 4) is 0 Å². The van der Waals surface area contributed by atoms with Gasteiger partial charge >= 0.3 is 5.97 Å². The van der Waals surface area contributed by atoms with Crippen molar-refractivity contribution in [1.82, 2.24) is 4.90 Å². The molecule has 18 heavy (non-hydrogen) atoms. The third-order valence-corrected chi connectivity index (χ3v) is 3.35. The summed E-state index contributed by atoms with van der Waals surface area (Å²) >= 11 is 0. The Morgan fingerprint density at radius 2 is 1.83 bits per heavy atom. The molecule has 0 radical (unpaired) electrons. The molecule has 0 bridgehead atoms. The van der Waals surface area contributed by atoms with Crippen LogP contribution in [0.25, 0.3) is 0 Å². The summed E-state index contributed by atoms with van der Waals surface area (Å²) in [5, 5.41) is 0. The zero-order valence-corrected chi connectivity index (χ0v) is 11.3. The second kappa shape index (κ2) is 5.98. The number of carbonyl (C=O) groups excluding carboxylic acids is 3. The summed E-state index contributed by atoms with van der Waals surface area (Å²) in [5.74, 6) is -0.482. The van der Waals surface area contributed by atoms with E-state index in [1.807, 2.05) is 20.8 Å². The van der Waals surface area contributed by atoms with Crippen LogP contribution in [0.15, 0.2) is 0 Å². The molecule has 1 rings (SSSR count). The van der Waals surface area contributed by atoms with Crippen LogP contribution in [0.4, 0.5) is 0 Å². The predicted octanol–water partition coefficient (Wildman–Crippen LogP) is 1.50. The SMILES string of the molecule is CCC(C)(C)C(=O)OCCCN1C(=O)CCC1=O. The number of rotatable bonds is 6. The second-order valence-corrected chi connectivity index (χ2v) is 5.17. The average Bonchev–Trinajstić information content (AvgIpc) is 2.65. The Hall–Kier alpha value is -1.39. The third kappa shape index (κ3) is 3.55. The smallest absolute Gasteiger partial charge is 0.311 e. The van der Waals surface area contributed by atoms with Crippen LogP contribution in [-0.4, -0.2) is 35.8 Å². The van der Waals surface area contributed by atoms with Gasteiger partial charge in [0, 0.05) is 19.4 Å². The van der Waals surface area contributed by atoms with Crippen molar-refractivity contribution >= 4 is 17.8 Å². The van der Waals surface area contributed by atoms with Gasteiger partial charge in [0.15, 0.2) is 0 Å². The lowest BCUT2D eigenvalue weighted by Crippen LogP contribution is -2.31. The summed E-state index contributed by atoms with van der Waals surface area (Å²) in [6, 6.07) is 0. The van der Waals surface area contributed by atoms with Gasteiger partial charge in [-0.05, 0) is 26.7 Å². The van der Waals surface area contributed by atoms with Crippen LogP contribution in [0.3, 0.4) is 0 Å². The first-order valence-electron chi connectivity index (χ1n) is 6.39. The highest BCUT2D eigenvalue weighted by molar-refractivity contribution is 6.01. The van der Waals surface area contributed by atoms with Crippen molar-refractivity contribution in [3.05, 3.63) is 0 Å². The van der Waals surface area contributed by atoms with Crippen molar-refractivity contribution in [2.45, 2.75) is 46.5 Å². The Labute approximate surface area is 107 Å². The van der Waals surface area contributed by atoms with Gasteiger partial charge in [-0.25, -0.2) is 0 Å². The fourth-order valence-corrected chi connectivity index (χ4v) is 1.60. The van der Waals surface area contributed by atoms with Gasteiger partial charge in [0.25, 0.3) is 0 Å². The summed E-state index contributed by atoms with van der Waals surface area (Å²) in [5.41, 5.74) is -0.473. The molecule has 0 saturated carbocycles.